The van der Waals surface area contributed by atoms with E-state index in [-0.39, 0.29) is 25.2 Å². The Morgan fingerprint density at radius 2 is 1.03 bits per heavy atom. The van der Waals surface area contributed by atoms with Crippen molar-refractivity contribution in [3.8, 4) is 0 Å². The fourth-order valence-corrected chi connectivity index (χ4v) is 3.39. The number of carbonyl (C=O) groups is 2. The van der Waals surface area contributed by atoms with E-state index in [1.165, 1.54) is 25.7 Å². The average Bonchev–Trinajstić information content (AvgIpc) is 2.90. The summed E-state index contributed by atoms with van der Waals surface area (Å²) < 4.78 is 10.2. The summed E-state index contributed by atoms with van der Waals surface area (Å²) >= 11 is 0. The van der Waals surface area contributed by atoms with Gasteiger partial charge in [-0.25, -0.2) is 0 Å². The lowest BCUT2D eigenvalue weighted by molar-refractivity contribution is -0.147. The van der Waals surface area contributed by atoms with Crippen molar-refractivity contribution < 1.29 is 19.1 Å². The lowest BCUT2D eigenvalue weighted by Gasteiger charge is -2.11. The topological polar surface area (TPSA) is 82.0 Å². The predicted molar refractivity (Wildman–Crippen MR) is 153 cm³/mol. The van der Waals surface area contributed by atoms with Crippen LogP contribution >= 0.6 is 0 Å². The quantitative estimate of drug-likeness (QED) is 0.0523. The zero-order valence-corrected chi connectivity index (χ0v) is 23.4. The molecule has 0 bridgehead atoms. The van der Waals surface area contributed by atoms with Gasteiger partial charge in [-0.3, -0.25) is 9.59 Å². The molecule has 0 aliphatic rings. The average molecular weight is 518 g/mol. The minimum atomic E-state index is -0.864. The van der Waals surface area contributed by atoms with Crippen molar-refractivity contribution in [3.63, 3.8) is 0 Å². The van der Waals surface area contributed by atoms with E-state index in [1.807, 2.05) is 0 Å². The van der Waals surface area contributed by atoms with E-state index < -0.39 is 6.04 Å². The first-order chi connectivity index (χ1) is 18.1. The second-order valence-electron chi connectivity index (χ2n) is 9.26. The maximum Gasteiger partial charge on any atom is 0.305 e. The van der Waals surface area contributed by atoms with Crippen molar-refractivity contribution in [2.24, 2.45) is 5.18 Å². The van der Waals surface area contributed by atoms with Crippen LogP contribution in [0.1, 0.15) is 117 Å². The highest BCUT2D eigenvalue weighted by Crippen LogP contribution is 2.07. The van der Waals surface area contributed by atoms with Gasteiger partial charge in [0.05, 0.1) is 0 Å². The van der Waals surface area contributed by atoms with Crippen LogP contribution in [0.3, 0.4) is 0 Å². The lowest BCUT2D eigenvalue weighted by atomic mass is 10.1. The van der Waals surface area contributed by atoms with Gasteiger partial charge in [0.2, 0.25) is 0 Å². The first-order valence-corrected chi connectivity index (χ1v) is 14.4. The molecule has 6 nitrogen and oxygen atoms in total. The Balaban J connectivity index is 3.72. The molecule has 0 saturated heterocycles. The van der Waals surface area contributed by atoms with Crippen LogP contribution in [0.25, 0.3) is 0 Å². The Hall–Kier alpha value is -2.50. The first-order valence-electron chi connectivity index (χ1n) is 14.4. The summed E-state index contributed by atoms with van der Waals surface area (Å²) in [5.74, 6) is -0.707. The van der Waals surface area contributed by atoms with Crippen LogP contribution < -0.4 is 0 Å². The summed E-state index contributed by atoms with van der Waals surface area (Å²) in [5, 5.41) is 2.91. The number of allylic oxidation sites excluding steroid dienone is 8. The molecule has 0 aliphatic carbocycles. The van der Waals surface area contributed by atoms with Gasteiger partial charge in [0.15, 0.2) is 6.04 Å². The standard InChI is InChI=1S/C31H51NO5/c1-3-5-7-9-11-12-13-14-15-16-17-18-20-22-24-26-31(34)37-28-29(32-35)27-36-30(33)25-23-21-19-10-8-6-4-2/h8,10-12,14-15,17-18,29H,3-7,9,13,16,19-28H2,1-2H3/b10-8-,12-11-,15-14-,18-17-. The van der Waals surface area contributed by atoms with Crippen LogP contribution in [0, 0.1) is 4.91 Å². The molecule has 0 radical (unpaired) electrons. The van der Waals surface area contributed by atoms with Crippen LogP contribution in [0.15, 0.2) is 53.8 Å². The molecule has 0 amide bonds. The molecule has 6 heteroatoms. The van der Waals surface area contributed by atoms with Crippen molar-refractivity contribution >= 4 is 11.9 Å². The molecule has 0 aliphatic heterocycles. The minimum absolute atomic E-state index is 0.152. The molecular weight excluding hydrogens is 466 g/mol. The highest BCUT2D eigenvalue weighted by atomic mass is 16.5. The number of hydrogen-bond donors (Lipinski definition) is 0. The third-order valence-corrected chi connectivity index (χ3v) is 5.67. The molecule has 0 heterocycles. The molecule has 37 heavy (non-hydrogen) atoms. The molecule has 1 unspecified atom stereocenters. The fourth-order valence-electron chi connectivity index (χ4n) is 3.39. The van der Waals surface area contributed by atoms with Crippen LogP contribution in [-0.2, 0) is 19.1 Å². The van der Waals surface area contributed by atoms with Gasteiger partial charge in [0.25, 0.3) is 0 Å². The zero-order chi connectivity index (χ0) is 27.2. The Kier molecular flexibility index (Phi) is 26.2. The van der Waals surface area contributed by atoms with Crippen LogP contribution in [0.4, 0.5) is 0 Å². The van der Waals surface area contributed by atoms with Crippen molar-refractivity contribution in [2.75, 3.05) is 13.2 Å². The van der Waals surface area contributed by atoms with Gasteiger partial charge < -0.3 is 9.47 Å². The van der Waals surface area contributed by atoms with Crippen LogP contribution in [0.2, 0.25) is 0 Å². The Morgan fingerprint density at radius 3 is 1.49 bits per heavy atom. The molecule has 0 rings (SSSR count). The molecule has 0 aromatic heterocycles. The second kappa shape index (κ2) is 28.1. The highest BCUT2D eigenvalue weighted by Gasteiger charge is 2.15. The largest absolute Gasteiger partial charge is 0.463 e. The Bertz CT molecular complexity index is 681. The summed E-state index contributed by atoms with van der Waals surface area (Å²) in [5.41, 5.74) is 0. The van der Waals surface area contributed by atoms with Crippen molar-refractivity contribution in [1.29, 1.82) is 0 Å². The molecule has 210 valence electrons. The van der Waals surface area contributed by atoms with Crippen LogP contribution in [-0.4, -0.2) is 31.2 Å². The SMILES string of the molecule is CCC/C=C\CCCCC(=O)OCC(COC(=O)CCCC/C=C\C/C=C\C/C=C\CCCCC)N=O. The van der Waals surface area contributed by atoms with Gasteiger partial charge in [0, 0.05) is 12.8 Å². The van der Waals surface area contributed by atoms with E-state index in [2.05, 4.69) is 67.6 Å². The number of esters is 2. The normalized spacial score (nSPS) is 12.7. The number of nitroso groups, excluding NO2 is 1. The number of rotatable bonds is 25. The number of hydrogen-bond acceptors (Lipinski definition) is 6. The van der Waals surface area contributed by atoms with E-state index in [0.29, 0.717) is 12.8 Å². The van der Waals surface area contributed by atoms with E-state index in [0.717, 1.165) is 64.2 Å². The van der Waals surface area contributed by atoms with Gasteiger partial charge in [-0.05, 0) is 70.6 Å². The molecular formula is C31H51NO5. The molecule has 0 aromatic carbocycles. The smallest absolute Gasteiger partial charge is 0.305 e. The maximum atomic E-state index is 11.9. The van der Waals surface area contributed by atoms with Gasteiger partial charge >= 0.3 is 11.9 Å². The zero-order valence-electron chi connectivity index (χ0n) is 23.4. The number of unbranched alkanes of at least 4 members (excludes halogenated alkanes) is 8. The van der Waals surface area contributed by atoms with E-state index in [9.17, 15) is 14.5 Å². The van der Waals surface area contributed by atoms with E-state index >= 15 is 0 Å². The summed E-state index contributed by atoms with van der Waals surface area (Å²) in [7, 11) is 0. The third-order valence-electron chi connectivity index (χ3n) is 5.67. The summed E-state index contributed by atoms with van der Waals surface area (Å²) in [6.45, 7) is 4.05. The molecule has 0 aromatic rings. The predicted octanol–water partition coefficient (Wildman–Crippen LogP) is 8.71. The van der Waals surface area contributed by atoms with Gasteiger partial charge in [-0.1, -0.05) is 86.9 Å². The van der Waals surface area contributed by atoms with Gasteiger partial charge in [0.1, 0.15) is 13.2 Å². The summed E-state index contributed by atoms with van der Waals surface area (Å²) in [4.78, 5) is 34.7. The minimum Gasteiger partial charge on any atom is -0.463 e. The van der Waals surface area contributed by atoms with Crippen LogP contribution in [0.5, 0.6) is 0 Å². The van der Waals surface area contributed by atoms with Crippen molar-refractivity contribution in [2.45, 2.75) is 123 Å². The third kappa shape index (κ3) is 26.4. The Morgan fingerprint density at radius 1 is 0.595 bits per heavy atom. The lowest BCUT2D eigenvalue weighted by Crippen LogP contribution is -2.23. The highest BCUT2D eigenvalue weighted by molar-refractivity contribution is 5.69. The van der Waals surface area contributed by atoms with Gasteiger partial charge in [-0.2, -0.15) is 4.91 Å². The number of ether oxygens (including phenoxy) is 2. The van der Waals surface area contributed by atoms with E-state index in [4.69, 9.17) is 9.47 Å². The summed E-state index contributed by atoms with van der Waals surface area (Å²) in [6.07, 6.45) is 32.4. The Labute approximate surface area is 225 Å². The number of carbonyl (C=O) groups excluding carboxylic acids is 2. The van der Waals surface area contributed by atoms with Crippen molar-refractivity contribution in [3.05, 3.63) is 53.5 Å². The van der Waals surface area contributed by atoms with Gasteiger partial charge in [-0.15, -0.1) is 0 Å². The molecule has 0 N–H and O–H groups in total. The molecule has 1 atom stereocenters. The fraction of sp³-hybridized carbons (Fsp3) is 0.677. The molecule has 0 spiro atoms. The number of nitrogens with zero attached hydrogens (tertiary/aromatic N) is 1. The summed E-state index contributed by atoms with van der Waals surface area (Å²) in [6, 6.07) is -0.864. The maximum absolute atomic E-state index is 11.9. The molecule has 0 saturated carbocycles. The second-order valence-corrected chi connectivity index (χ2v) is 9.26. The first kappa shape index (κ1) is 34.5. The van der Waals surface area contributed by atoms with E-state index in [1.54, 1.807) is 0 Å². The monoisotopic (exact) mass is 517 g/mol. The molecule has 0 fully saturated rings. The van der Waals surface area contributed by atoms with Crippen molar-refractivity contribution in [1.82, 2.24) is 0 Å².